The summed E-state index contributed by atoms with van der Waals surface area (Å²) in [5.74, 6) is -2.96. The number of hydrogen-bond acceptors (Lipinski definition) is 12. The van der Waals surface area contributed by atoms with Gasteiger partial charge in [0, 0.05) is 6.92 Å². The van der Waals surface area contributed by atoms with Gasteiger partial charge in [-0.1, -0.05) is 0 Å². The van der Waals surface area contributed by atoms with Gasteiger partial charge >= 0.3 is 5.97 Å². The van der Waals surface area contributed by atoms with Crippen molar-refractivity contribution in [2.45, 2.75) is 43.9 Å². The molecule has 0 spiro atoms. The van der Waals surface area contributed by atoms with Gasteiger partial charge in [-0.2, -0.15) is 0 Å². The van der Waals surface area contributed by atoms with E-state index in [0.717, 1.165) is 38.0 Å². The fraction of sp³-hybridized carbons (Fsp3) is 0.500. The zero-order chi connectivity index (χ0) is 21.8. The number of esters is 1. The maximum Gasteiger partial charge on any atom is 0.303 e. The summed E-state index contributed by atoms with van der Waals surface area (Å²) in [7, 11) is 0. The number of ether oxygens (including phenoxy) is 2. The fourth-order valence-electron chi connectivity index (χ4n) is 3.82. The Morgan fingerprint density at radius 2 is 1.90 bits per heavy atom. The van der Waals surface area contributed by atoms with Crippen LogP contribution in [0.4, 0.5) is 5.82 Å². The molecule has 1 aliphatic heterocycles. The van der Waals surface area contributed by atoms with Crippen molar-refractivity contribution in [3.05, 3.63) is 12.7 Å². The van der Waals surface area contributed by atoms with E-state index in [-0.39, 0.29) is 17.0 Å². The molecule has 4 atom stereocenters. The van der Waals surface area contributed by atoms with Gasteiger partial charge in [0.25, 0.3) is 11.3 Å². The summed E-state index contributed by atoms with van der Waals surface area (Å²) >= 11 is 0. The van der Waals surface area contributed by atoms with Crippen LogP contribution >= 0.6 is 0 Å². The van der Waals surface area contributed by atoms with Crippen molar-refractivity contribution in [2.24, 2.45) is 5.73 Å². The van der Waals surface area contributed by atoms with Crippen LogP contribution in [0, 0.1) is 0 Å². The highest BCUT2D eigenvalue weighted by Gasteiger charge is 2.81. The van der Waals surface area contributed by atoms with E-state index in [1.807, 2.05) is 0 Å². The van der Waals surface area contributed by atoms with Crippen LogP contribution in [-0.2, 0) is 29.6 Å². The molecule has 3 heterocycles. The summed E-state index contributed by atoms with van der Waals surface area (Å²) in [5, 5.41) is 20.8. The number of rotatable bonds is 5. The smallest absolute Gasteiger partial charge is 0.303 e. The van der Waals surface area contributed by atoms with Crippen LogP contribution in [-0.4, -0.2) is 71.3 Å². The van der Waals surface area contributed by atoms with Crippen molar-refractivity contribution >= 4 is 34.5 Å². The van der Waals surface area contributed by atoms with Gasteiger partial charge in [0.05, 0.1) is 6.61 Å². The maximum atomic E-state index is 13.0. The van der Waals surface area contributed by atoms with Crippen molar-refractivity contribution in [2.75, 3.05) is 12.3 Å². The molecule has 0 bridgehead atoms. The summed E-state index contributed by atoms with van der Waals surface area (Å²) in [6.07, 6.45) is 0.456. The third-order valence-electron chi connectivity index (χ3n) is 4.98. The summed E-state index contributed by atoms with van der Waals surface area (Å²) in [6, 6.07) is 0. The van der Waals surface area contributed by atoms with Crippen LogP contribution < -0.4 is 11.5 Å². The van der Waals surface area contributed by atoms with Gasteiger partial charge in [0.1, 0.15) is 24.3 Å². The minimum Gasteiger partial charge on any atom is -0.441 e. The van der Waals surface area contributed by atoms with E-state index in [1.165, 1.54) is 0 Å². The Kier molecular flexibility index (Phi) is 4.66. The topological polar surface area (TPSA) is 206 Å². The SMILES string of the molecule is CC(=O)O[C@]1(C(C)=O)[C@](N)(O)[C@@H](CO)O[C@@]1(C(C)=O)n1cnc2c(N)ncnc21. The molecule has 0 radical (unpaired) electrons. The van der Waals surface area contributed by atoms with Gasteiger partial charge in [-0.3, -0.25) is 24.7 Å². The van der Waals surface area contributed by atoms with Crippen molar-refractivity contribution in [1.82, 2.24) is 19.5 Å². The summed E-state index contributed by atoms with van der Waals surface area (Å²) in [6.45, 7) is 2.06. The monoisotopic (exact) mass is 408 g/mol. The summed E-state index contributed by atoms with van der Waals surface area (Å²) in [5.41, 5.74) is 3.66. The second-order valence-electron chi connectivity index (χ2n) is 6.69. The van der Waals surface area contributed by atoms with E-state index >= 15 is 0 Å². The molecule has 13 heteroatoms. The Morgan fingerprint density at radius 1 is 1.24 bits per heavy atom. The number of aliphatic hydroxyl groups is 2. The van der Waals surface area contributed by atoms with Crippen molar-refractivity contribution in [3.63, 3.8) is 0 Å². The number of carbonyl (C=O) groups excluding carboxylic acids is 3. The number of anilines is 1. The van der Waals surface area contributed by atoms with E-state index < -0.39 is 47.3 Å². The molecule has 1 fully saturated rings. The highest BCUT2D eigenvalue weighted by molar-refractivity contribution is 6.00. The number of nitrogens with two attached hydrogens (primary N) is 2. The lowest BCUT2D eigenvalue weighted by atomic mass is 9.76. The fourth-order valence-corrected chi connectivity index (χ4v) is 3.82. The largest absolute Gasteiger partial charge is 0.441 e. The molecule has 3 rings (SSSR count). The van der Waals surface area contributed by atoms with E-state index in [2.05, 4.69) is 15.0 Å². The maximum absolute atomic E-state index is 13.0. The summed E-state index contributed by atoms with van der Waals surface area (Å²) in [4.78, 5) is 49.7. The molecule has 2 aromatic heterocycles. The van der Waals surface area contributed by atoms with Crippen LogP contribution in [0.2, 0.25) is 0 Å². The van der Waals surface area contributed by atoms with Gasteiger partial charge in [0.15, 0.2) is 28.8 Å². The van der Waals surface area contributed by atoms with Gasteiger partial charge in [0.2, 0.25) is 0 Å². The van der Waals surface area contributed by atoms with Gasteiger partial charge in [-0.05, 0) is 13.8 Å². The molecule has 0 amide bonds. The molecule has 2 aromatic rings. The van der Waals surface area contributed by atoms with Crippen molar-refractivity contribution in [3.8, 4) is 0 Å². The molecular weight excluding hydrogens is 388 g/mol. The number of hydrogen-bond donors (Lipinski definition) is 4. The zero-order valence-electron chi connectivity index (χ0n) is 15.8. The second kappa shape index (κ2) is 6.52. The predicted octanol–water partition coefficient (Wildman–Crippen LogP) is -2.42. The standard InChI is InChI=1S/C16H20N6O7/c1-7(24)14(28-9(3)26)15(18,27)10(4-23)29-16(14,8(2)25)22-6-21-11-12(17)19-5-20-13(11)22/h5-6,10,23,27H,4,18H2,1-3H3,(H2,17,19,20)/t10-,14-,15-,16-/m1/s1. The first kappa shape index (κ1) is 20.7. The summed E-state index contributed by atoms with van der Waals surface area (Å²) < 4.78 is 11.9. The second-order valence-corrected chi connectivity index (χ2v) is 6.69. The number of ketones is 2. The highest BCUT2D eigenvalue weighted by Crippen LogP contribution is 2.52. The Hall–Kier alpha value is -3.00. The predicted molar refractivity (Wildman–Crippen MR) is 94.7 cm³/mol. The van der Waals surface area contributed by atoms with E-state index in [1.54, 1.807) is 0 Å². The number of carbonyl (C=O) groups is 3. The van der Waals surface area contributed by atoms with E-state index in [4.69, 9.17) is 20.9 Å². The molecular formula is C16H20N6O7. The minimum absolute atomic E-state index is 0.0342. The number of fused-ring (bicyclic) bond motifs is 1. The average molecular weight is 408 g/mol. The van der Waals surface area contributed by atoms with Crippen molar-refractivity contribution in [1.29, 1.82) is 0 Å². The number of nitrogens with zero attached hydrogens (tertiary/aromatic N) is 4. The van der Waals surface area contributed by atoms with Gasteiger partial charge in [-0.15, -0.1) is 0 Å². The third kappa shape index (κ3) is 2.42. The molecule has 0 unspecified atom stereocenters. The Bertz CT molecular complexity index is 1020. The number of aromatic nitrogens is 4. The lowest BCUT2D eigenvalue weighted by Crippen LogP contribution is -2.75. The first-order chi connectivity index (χ1) is 13.5. The van der Waals surface area contributed by atoms with E-state index in [9.17, 15) is 24.6 Å². The molecule has 156 valence electrons. The van der Waals surface area contributed by atoms with Crippen LogP contribution in [0.5, 0.6) is 0 Å². The quantitative estimate of drug-likeness (QED) is 0.301. The van der Waals surface area contributed by atoms with Crippen LogP contribution in [0.25, 0.3) is 11.2 Å². The van der Waals surface area contributed by atoms with E-state index in [0.29, 0.717) is 0 Å². The van der Waals surface area contributed by atoms with Crippen LogP contribution in [0.15, 0.2) is 12.7 Å². The van der Waals surface area contributed by atoms with Crippen LogP contribution in [0.3, 0.4) is 0 Å². The molecule has 0 aliphatic carbocycles. The van der Waals surface area contributed by atoms with Gasteiger partial charge < -0.3 is 25.4 Å². The van der Waals surface area contributed by atoms with Gasteiger partial charge in [-0.25, -0.2) is 15.0 Å². The van der Waals surface area contributed by atoms with Crippen molar-refractivity contribution < 1.29 is 34.1 Å². The lowest BCUT2D eigenvalue weighted by molar-refractivity contribution is -0.221. The molecule has 1 saturated heterocycles. The molecule has 1 aliphatic rings. The Morgan fingerprint density at radius 3 is 2.41 bits per heavy atom. The minimum atomic E-state index is -2.79. The number of Topliss-reactive ketones (excluding diaryl/α,β-unsaturated/α-hetero) is 2. The first-order valence-corrected chi connectivity index (χ1v) is 8.43. The first-order valence-electron chi connectivity index (χ1n) is 8.43. The molecule has 0 aromatic carbocycles. The molecule has 29 heavy (non-hydrogen) atoms. The Balaban J connectivity index is 2.49. The van der Waals surface area contributed by atoms with Crippen LogP contribution in [0.1, 0.15) is 20.8 Å². The Labute approximate surface area is 163 Å². The molecule has 6 N–H and O–H groups in total. The molecule has 0 saturated carbocycles. The number of imidazole rings is 1. The number of nitrogen functional groups attached to an aromatic ring is 1. The molecule has 13 nitrogen and oxygen atoms in total. The third-order valence-corrected chi connectivity index (χ3v) is 4.98. The number of aliphatic hydroxyl groups excluding tert-OH is 1. The zero-order valence-corrected chi connectivity index (χ0v) is 15.8. The average Bonchev–Trinajstić information content (AvgIpc) is 3.13. The normalized spacial score (nSPS) is 31.7. The highest BCUT2D eigenvalue weighted by atomic mass is 16.6. The lowest BCUT2D eigenvalue weighted by Gasteiger charge is -2.44.